The van der Waals surface area contributed by atoms with Crippen molar-refractivity contribution >= 4 is 5.97 Å². The first kappa shape index (κ1) is 28.3. The molecule has 1 saturated heterocycles. The summed E-state index contributed by atoms with van der Waals surface area (Å²) in [5.41, 5.74) is 3.24. The summed E-state index contributed by atoms with van der Waals surface area (Å²) in [6.45, 7) is 3.45. The number of esters is 1. The van der Waals surface area contributed by atoms with Crippen molar-refractivity contribution < 1.29 is 28.8 Å². The van der Waals surface area contributed by atoms with Gasteiger partial charge < -0.3 is 24.1 Å². The molecule has 1 heterocycles. The molecule has 7 heteroatoms. The summed E-state index contributed by atoms with van der Waals surface area (Å²) in [7, 11) is 3.11. The molecular weight excluding hydrogens is 482 g/mol. The summed E-state index contributed by atoms with van der Waals surface area (Å²) in [5, 5.41) is 11.1. The highest BCUT2D eigenvalue weighted by molar-refractivity contribution is 5.69. The minimum atomic E-state index is -0.446. The second kappa shape index (κ2) is 14.4. The number of hydrogen-bond donors (Lipinski definition) is 1. The number of carbonyl (C=O) groups is 1. The lowest BCUT2D eigenvalue weighted by atomic mass is 9.94. The van der Waals surface area contributed by atoms with Gasteiger partial charge in [-0.3, -0.25) is 9.69 Å². The smallest absolute Gasteiger partial charge is 0.305 e. The summed E-state index contributed by atoms with van der Waals surface area (Å²) in [6, 6.07) is 16.5. The van der Waals surface area contributed by atoms with Crippen LogP contribution in [0.2, 0.25) is 0 Å². The van der Waals surface area contributed by atoms with Crippen molar-refractivity contribution in [2.75, 3.05) is 40.5 Å². The molecular formula is C31H41NO6. The van der Waals surface area contributed by atoms with E-state index in [1.54, 1.807) is 7.11 Å². The zero-order valence-electron chi connectivity index (χ0n) is 22.6. The quantitative estimate of drug-likeness (QED) is 0.247. The molecule has 0 radical (unpaired) electrons. The molecule has 1 aliphatic heterocycles. The van der Waals surface area contributed by atoms with Gasteiger partial charge in [0.1, 0.15) is 5.75 Å². The molecule has 0 spiro atoms. The Morgan fingerprint density at radius 2 is 1.87 bits per heavy atom. The van der Waals surface area contributed by atoms with Gasteiger partial charge in [0.25, 0.3) is 0 Å². The van der Waals surface area contributed by atoms with E-state index in [-0.39, 0.29) is 24.0 Å². The fourth-order valence-corrected chi connectivity index (χ4v) is 5.64. The Bertz CT molecular complexity index is 1040. The van der Waals surface area contributed by atoms with E-state index in [9.17, 15) is 9.90 Å². The minimum absolute atomic E-state index is 0.0333. The highest BCUT2D eigenvalue weighted by atomic mass is 16.5. The maximum atomic E-state index is 11.4. The Balaban J connectivity index is 1.42. The number of morpholine rings is 1. The van der Waals surface area contributed by atoms with E-state index < -0.39 is 6.10 Å². The van der Waals surface area contributed by atoms with Crippen LogP contribution in [0, 0.1) is 5.92 Å². The summed E-state index contributed by atoms with van der Waals surface area (Å²) < 4.78 is 22.5. The van der Waals surface area contributed by atoms with Crippen LogP contribution in [-0.2, 0) is 25.6 Å². The van der Waals surface area contributed by atoms with E-state index >= 15 is 0 Å². The number of rotatable bonds is 12. The summed E-state index contributed by atoms with van der Waals surface area (Å²) in [5.74, 6) is 0.789. The van der Waals surface area contributed by atoms with Gasteiger partial charge in [0, 0.05) is 43.5 Å². The van der Waals surface area contributed by atoms with Crippen molar-refractivity contribution in [1.29, 1.82) is 0 Å². The van der Waals surface area contributed by atoms with Gasteiger partial charge in [-0.15, -0.1) is 0 Å². The molecule has 0 bridgehead atoms. The van der Waals surface area contributed by atoms with Gasteiger partial charge in [0.2, 0.25) is 0 Å². The zero-order chi connectivity index (χ0) is 26.7. The molecule has 4 rings (SSSR count). The molecule has 2 fully saturated rings. The number of carbonyl (C=O) groups excluding carboxylic acids is 1. The highest BCUT2D eigenvalue weighted by Gasteiger charge is 2.45. The van der Waals surface area contributed by atoms with Crippen LogP contribution in [-0.4, -0.2) is 74.7 Å². The van der Waals surface area contributed by atoms with Crippen LogP contribution in [0.5, 0.6) is 5.75 Å². The molecule has 38 heavy (non-hydrogen) atoms. The molecule has 0 unspecified atom stereocenters. The molecule has 2 aromatic carbocycles. The van der Waals surface area contributed by atoms with Crippen LogP contribution in [0.15, 0.2) is 60.7 Å². The van der Waals surface area contributed by atoms with Gasteiger partial charge >= 0.3 is 5.97 Å². The molecule has 7 nitrogen and oxygen atoms in total. The molecule has 1 aliphatic carbocycles. The molecule has 0 amide bonds. The van der Waals surface area contributed by atoms with E-state index in [1.807, 2.05) is 18.2 Å². The second-order valence-corrected chi connectivity index (χ2v) is 10.0. The number of benzene rings is 2. The standard InChI is InChI=1S/C31H41NO6/c1-35-28-20-24(23-10-6-5-7-11-23)14-15-25(28)22-38-29-21-27(33)31(32-16-18-37-19-17-32)26(29)12-8-3-4-9-13-30(34)36-2/h3,5-8,10-11,14-15,20,26-27,29,31,33H,4,9,12-13,16-19,21-22H2,1-2H3/t26-,27-,29-,31+/m0/s1. The van der Waals surface area contributed by atoms with Crippen molar-refractivity contribution in [3.63, 3.8) is 0 Å². The van der Waals surface area contributed by atoms with Gasteiger partial charge in [0.05, 0.1) is 46.2 Å². The van der Waals surface area contributed by atoms with Crippen LogP contribution in [0.4, 0.5) is 0 Å². The van der Waals surface area contributed by atoms with Gasteiger partial charge in [-0.2, -0.15) is 0 Å². The third-order valence-electron chi connectivity index (χ3n) is 7.65. The predicted octanol–water partition coefficient (Wildman–Crippen LogP) is 4.62. The van der Waals surface area contributed by atoms with Crippen molar-refractivity contribution in [1.82, 2.24) is 4.90 Å². The average Bonchev–Trinajstić information content (AvgIpc) is 3.28. The van der Waals surface area contributed by atoms with Gasteiger partial charge in [0.15, 0.2) is 0 Å². The molecule has 2 aliphatic rings. The van der Waals surface area contributed by atoms with Gasteiger partial charge in [-0.25, -0.2) is 0 Å². The summed E-state index contributed by atoms with van der Waals surface area (Å²) in [4.78, 5) is 13.7. The highest BCUT2D eigenvalue weighted by Crippen LogP contribution is 2.37. The first-order chi connectivity index (χ1) is 18.6. The number of hydrogen-bond acceptors (Lipinski definition) is 7. The first-order valence-electron chi connectivity index (χ1n) is 13.7. The van der Waals surface area contributed by atoms with Crippen molar-refractivity contribution in [3.8, 4) is 16.9 Å². The lowest BCUT2D eigenvalue weighted by Gasteiger charge is -2.37. The van der Waals surface area contributed by atoms with E-state index in [4.69, 9.17) is 18.9 Å². The third-order valence-corrected chi connectivity index (χ3v) is 7.65. The largest absolute Gasteiger partial charge is 0.496 e. The van der Waals surface area contributed by atoms with Gasteiger partial charge in [-0.05, 0) is 36.5 Å². The van der Waals surface area contributed by atoms with Crippen molar-refractivity contribution in [2.24, 2.45) is 5.92 Å². The Morgan fingerprint density at radius 1 is 1.08 bits per heavy atom. The number of allylic oxidation sites excluding steroid dienone is 2. The summed E-state index contributed by atoms with van der Waals surface area (Å²) >= 11 is 0. The van der Waals surface area contributed by atoms with Crippen LogP contribution < -0.4 is 4.74 Å². The Labute approximate surface area is 226 Å². The number of nitrogens with zero attached hydrogens (tertiary/aromatic N) is 1. The van der Waals surface area contributed by atoms with E-state index in [2.05, 4.69) is 47.4 Å². The normalized spacial score (nSPS) is 24.1. The van der Waals surface area contributed by atoms with Crippen LogP contribution >= 0.6 is 0 Å². The SMILES string of the molecule is COC(=O)CCCC=CC[C@@H]1[C@@H](N2CCOCC2)[C@@H](O)C[C@@H]1OCc1ccc(-c2ccccc2)cc1OC. The minimum Gasteiger partial charge on any atom is -0.496 e. The molecule has 1 N–H and O–H groups in total. The van der Waals surface area contributed by atoms with Crippen LogP contribution in [0.1, 0.15) is 37.7 Å². The van der Waals surface area contributed by atoms with Crippen molar-refractivity contribution in [2.45, 2.75) is 57.0 Å². The van der Waals surface area contributed by atoms with E-state index in [1.165, 1.54) is 7.11 Å². The topological polar surface area (TPSA) is 77.5 Å². The Hall–Kier alpha value is -2.71. The number of aliphatic hydroxyl groups is 1. The Morgan fingerprint density at radius 3 is 2.61 bits per heavy atom. The zero-order valence-corrected chi connectivity index (χ0v) is 22.6. The lowest BCUT2D eigenvalue weighted by Crippen LogP contribution is -2.50. The number of aliphatic hydroxyl groups excluding tert-OH is 1. The number of unbranched alkanes of at least 4 members (excludes halogenated alkanes) is 1. The molecule has 2 aromatic rings. The fraction of sp³-hybridized carbons (Fsp3) is 0.516. The van der Waals surface area contributed by atoms with Gasteiger partial charge in [-0.1, -0.05) is 54.6 Å². The molecule has 206 valence electrons. The van der Waals surface area contributed by atoms with Crippen LogP contribution in [0.3, 0.4) is 0 Å². The fourth-order valence-electron chi connectivity index (χ4n) is 5.64. The molecule has 1 saturated carbocycles. The molecule has 0 aromatic heterocycles. The number of ether oxygens (including phenoxy) is 4. The monoisotopic (exact) mass is 523 g/mol. The first-order valence-corrected chi connectivity index (χ1v) is 13.7. The maximum Gasteiger partial charge on any atom is 0.305 e. The average molecular weight is 524 g/mol. The van der Waals surface area contributed by atoms with Crippen LogP contribution in [0.25, 0.3) is 11.1 Å². The lowest BCUT2D eigenvalue weighted by molar-refractivity contribution is -0.140. The van der Waals surface area contributed by atoms with E-state index in [0.29, 0.717) is 32.7 Å². The number of methoxy groups -OCH3 is 2. The van der Waals surface area contributed by atoms with E-state index in [0.717, 1.165) is 54.8 Å². The third kappa shape index (κ3) is 7.44. The second-order valence-electron chi connectivity index (χ2n) is 10.0. The summed E-state index contributed by atoms with van der Waals surface area (Å²) in [6.07, 6.45) is 7.22. The predicted molar refractivity (Wildman–Crippen MR) is 147 cm³/mol. The van der Waals surface area contributed by atoms with Crippen molar-refractivity contribution in [3.05, 3.63) is 66.2 Å². The molecule has 4 atom stereocenters. The maximum absolute atomic E-state index is 11.4. The Kier molecular flexibility index (Phi) is 10.8.